The lowest BCUT2D eigenvalue weighted by atomic mass is 9.99. The van der Waals surface area contributed by atoms with E-state index < -0.39 is 26.0 Å². The topological polar surface area (TPSA) is 122 Å². The molecule has 3 N–H and O–H groups in total. The van der Waals surface area contributed by atoms with Crippen molar-refractivity contribution in [3.63, 3.8) is 0 Å². The predicted molar refractivity (Wildman–Crippen MR) is 73.0 cm³/mol. The van der Waals surface area contributed by atoms with Gasteiger partial charge in [-0.05, 0) is 28.7 Å². The monoisotopic (exact) mass is 311 g/mol. The first-order valence-corrected chi connectivity index (χ1v) is 7.32. The molecule has 0 bridgehead atoms. The standard InChI is InChI=1S/C12H14N3O5P/c1-6(2)10-12(17)13-8-5-7(11(16)14-18)3-4-9(8)15(10)21(19)20/h3-6,10,18H,1-2H3,(H,13,17)(H,14,16). The van der Waals surface area contributed by atoms with Crippen LogP contribution in [-0.2, 0) is 9.36 Å². The minimum absolute atomic E-state index is 0.0978. The van der Waals surface area contributed by atoms with Crippen LogP contribution in [0.3, 0.4) is 0 Å². The number of nitrogens with one attached hydrogen (secondary N) is 2. The highest BCUT2D eigenvalue weighted by Crippen LogP contribution is 2.41. The number of anilines is 2. The predicted octanol–water partition coefficient (Wildman–Crippen LogP) is 0.606. The third-order valence-corrected chi connectivity index (χ3v) is 4.02. The summed E-state index contributed by atoms with van der Waals surface area (Å²) < 4.78 is 12.5. The number of carbonyl (C=O) groups is 2. The van der Waals surface area contributed by atoms with E-state index in [1.807, 2.05) is 0 Å². The van der Waals surface area contributed by atoms with Gasteiger partial charge in [0.2, 0.25) is 0 Å². The van der Waals surface area contributed by atoms with Gasteiger partial charge in [-0.3, -0.25) is 14.8 Å². The Balaban J connectivity index is 2.53. The zero-order valence-corrected chi connectivity index (χ0v) is 12.3. The van der Waals surface area contributed by atoms with Crippen LogP contribution in [-0.4, -0.2) is 23.1 Å². The number of hydrogen-bond acceptors (Lipinski definition) is 5. The molecule has 1 aliphatic rings. The van der Waals surface area contributed by atoms with Crippen LogP contribution in [0.1, 0.15) is 24.2 Å². The number of hydroxylamine groups is 1. The van der Waals surface area contributed by atoms with E-state index in [0.717, 1.165) is 4.67 Å². The summed E-state index contributed by atoms with van der Waals surface area (Å²) in [6.45, 7) is 3.49. The Morgan fingerprint density at radius 1 is 1.52 bits per heavy atom. The summed E-state index contributed by atoms with van der Waals surface area (Å²) in [5, 5.41) is 11.2. The van der Waals surface area contributed by atoms with Gasteiger partial charge in [0.05, 0.1) is 5.69 Å². The van der Waals surface area contributed by atoms with Crippen molar-refractivity contribution in [3.05, 3.63) is 23.8 Å². The molecular formula is C12H14N3O5P. The highest BCUT2D eigenvalue weighted by atomic mass is 31.1. The molecule has 1 heterocycles. The van der Waals surface area contributed by atoms with E-state index in [2.05, 4.69) is 5.32 Å². The van der Waals surface area contributed by atoms with Gasteiger partial charge in [-0.1, -0.05) is 13.8 Å². The number of rotatable bonds is 3. The zero-order chi connectivity index (χ0) is 15.7. The number of hydrogen-bond donors (Lipinski definition) is 3. The van der Waals surface area contributed by atoms with Gasteiger partial charge in [-0.2, -0.15) is 4.67 Å². The Morgan fingerprint density at radius 3 is 2.71 bits per heavy atom. The SMILES string of the molecule is CC(C)C1C(=O)Nc2cc(C(=O)NO)ccc2N1[P+](=O)[O-]. The van der Waals surface area contributed by atoms with E-state index in [1.54, 1.807) is 13.8 Å². The van der Waals surface area contributed by atoms with Crippen LogP contribution >= 0.6 is 8.18 Å². The fourth-order valence-corrected chi connectivity index (χ4v) is 3.21. The first-order valence-electron chi connectivity index (χ1n) is 6.19. The van der Waals surface area contributed by atoms with Crippen molar-refractivity contribution < 1.29 is 24.3 Å². The van der Waals surface area contributed by atoms with Crippen LogP contribution in [0.2, 0.25) is 0 Å². The van der Waals surface area contributed by atoms with Crippen molar-refractivity contribution in [2.75, 3.05) is 9.99 Å². The van der Waals surface area contributed by atoms with Gasteiger partial charge < -0.3 is 10.2 Å². The highest BCUT2D eigenvalue weighted by molar-refractivity contribution is 7.38. The van der Waals surface area contributed by atoms with Gasteiger partial charge in [0.15, 0.2) is 6.04 Å². The summed E-state index contributed by atoms with van der Waals surface area (Å²) in [7, 11) is -3.01. The number of carbonyl (C=O) groups excluding carboxylic acids is 2. The van der Waals surface area contributed by atoms with E-state index >= 15 is 0 Å². The van der Waals surface area contributed by atoms with Crippen LogP contribution in [0.4, 0.5) is 11.4 Å². The molecule has 2 rings (SSSR count). The second-order valence-electron chi connectivity index (χ2n) is 4.93. The van der Waals surface area contributed by atoms with E-state index in [4.69, 9.17) is 5.21 Å². The lowest BCUT2D eigenvalue weighted by molar-refractivity contribution is -0.166. The van der Waals surface area contributed by atoms with Crippen LogP contribution in [0.25, 0.3) is 0 Å². The maximum absolute atomic E-state index is 12.1. The smallest absolute Gasteiger partial charge is 0.441 e. The Morgan fingerprint density at radius 2 is 2.19 bits per heavy atom. The molecule has 0 saturated carbocycles. The molecule has 0 saturated heterocycles. The zero-order valence-electron chi connectivity index (χ0n) is 11.4. The molecule has 1 aliphatic heterocycles. The minimum Gasteiger partial charge on any atom is -0.573 e. The Bertz CT molecular complexity index is 619. The van der Waals surface area contributed by atoms with Gasteiger partial charge in [0.25, 0.3) is 11.8 Å². The lowest BCUT2D eigenvalue weighted by Gasteiger charge is -2.33. The summed E-state index contributed by atoms with van der Waals surface area (Å²) >= 11 is 0. The normalized spacial score (nSPS) is 18.1. The van der Waals surface area contributed by atoms with Crippen LogP contribution in [0, 0.1) is 5.92 Å². The van der Waals surface area contributed by atoms with E-state index in [9.17, 15) is 19.0 Å². The third kappa shape index (κ3) is 2.73. The first kappa shape index (κ1) is 15.4. The Hall–Kier alpha value is -2.02. The first-order chi connectivity index (χ1) is 9.86. The number of amides is 2. The van der Waals surface area contributed by atoms with Crippen LogP contribution in [0.15, 0.2) is 18.2 Å². The van der Waals surface area contributed by atoms with Gasteiger partial charge in [-0.25, -0.2) is 5.48 Å². The van der Waals surface area contributed by atoms with E-state index in [1.165, 1.54) is 23.7 Å². The molecule has 0 aromatic heterocycles. The summed E-state index contributed by atoms with van der Waals surface area (Å²) in [5.74, 6) is -1.43. The van der Waals surface area contributed by atoms with E-state index in [-0.39, 0.29) is 17.2 Å². The average Bonchev–Trinajstić information content (AvgIpc) is 2.43. The van der Waals surface area contributed by atoms with Crippen LogP contribution < -0.4 is 20.4 Å². The highest BCUT2D eigenvalue weighted by Gasteiger charge is 2.42. The second kappa shape index (κ2) is 5.77. The summed E-state index contributed by atoms with van der Waals surface area (Å²) in [6, 6.07) is 3.25. The third-order valence-electron chi connectivity index (χ3n) is 3.20. The quantitative estimate of drug-likeness (QED) is 0.427. The number of fused-ring (bicyclic) bond motifs is 1. The molecule has 0 fully saturated rings. The van der Waals surface area contributed by atoms with Gasteiger partial charge >= 0.3 is 8.18 Å². The van der Waals surface area contributed by atoms with Crippen molar-refractivity contribution in [3.8, 4) is 0 Å². The molecule has 112 valence electrons. The molecule has 1 aromatic carbocycles. The van der Waals surface area contributed by atoms with E-state index in [0.29, 0.717) is 5.69 Å². The maximum Gasteiger partial charge on any atom is 0.441 e. The molecule has 8 nitrogen and oxygen atoms in total. The number of nitrogens with zero attached hydrogens (tertiary/aromatic N) is 1. The van der Waals surface area contributed by atoms with Crippen LogP contribution in [0.5, 0.6) is 0 Å². The molecule has 9 heteroatoms. The summed E-state index contributed by atoms with van der Waals surface area (Å²) in [6.07, 6.45) is 0. The molecular weight excluding hydrogens is 297 g/mol. The molecule has 2 atom stereocenters. The molecule has 1 aromatic rings. The summed E-state index contributed by atoms with van der Waals surface area (Å²) in [5.41, 5.74) is 2.07. The maximum atomic E-state index is 12.1. The fraction of sp³-hybridized carbons (Fsp3) is 0.333. The average molecular weight is 311 g/mol. The minimum atomic E-state index is -3.01. The van der Waals surface area contributed by atoms with Crippen molar-refractivity contribution in [2.45, 2.75) is 19.9 Å². The van der Waals surface area contributed by atoms with Gasteiger partial charge in [0, 0.05) is 5.56 Å². The number of benzene rings is 1. The molecule has 0 radical (unpaired) electrons. The van der Waals surface area contributed by atoms with Crippen molar-refractivity contribution in [1.29, 1.82) is 0 Å². The summed E-state index contributed by atoms with van der Waals surface area (Å²) in [4.78, 5) is 35.0. The largest absolute Gasteiger partial charge is 0.573 e. The molecule has 0 aliphatic carbocycles. The second-order valence-corrected chi connectivity index (χ2v) is 5.84. The molecule has 2 amide bonds. The Kier molecular flexibility index (Phi) is 4.22. The molecule has 0 spiro atoms. The molecule has 2 unspecified atom stereocenters. The van der Waals surface area contributed by atoms with Gasteiger partial charge in [0.1, 0.15) is 5.69 Å². The van der Waals surface area contributed by atoms with Crippen molar-refractivity contribution >= 4 is 31.4 Å². The lowest BCUT2D eigenvalue weighted by Crippen LogP contribution is -2.48. The fourth-order valence-electron chi connectivity index (χ4n) is 2.28. The molecule has 21 heavy (non-hydrogen) atoms. The Labute approximate surface area is 121 Å². The van der Waals surface area contributed by atoms with Crippen molar-refractivity contribution in [1.82, 2.24) is 5.48 Å². The van der Waals surface area contributed by atoms with Crippen molar-refractivity contribution in [2.24, 2.45) is 5.92 Å². The van der Waals surface area contributed by atoms with Gasteiger partial charge in [-0.15, -0.1) is 0 Å².